The van der Waals surface area contributed by atoms with Gasteiger partial charge in [-0.1, -0.05) is 89.7 Å². The summed E-state index contributed by atoms with van der Waals surface area (Å²) >= 11 is 0. The topological polar surface area (TPSA) is 327 Å². The number of halogens is 6. The average molecular weight is 991 g/mol. The Morgan fingerprint density at radius 3 is 1.78 bits per heavy atom. The van der Waals surface area contributed by atoms with E-state index < -0.39 is 78.3 Å². The summed E-state index contributed by atoms with van der Waals surface area (Å²) in [5.74, 6) is -5.84. The van der Waals surface area contributed by atoms with Crippen LogP contribution in [0.1, 0.15) is 122 Å². The zero-order chi connectivity index (χ0) is 51.3. The molecule has 0 spiro atoms. The minimum Gasteiger partial charge on any atom is -0.475 e. The number of aromatic amines is 1. The molecule has 1 saturated heterocycles. The Labute approximate surface area is 387 Å². The van der Waals surface area contributed by atoms with Gasteiger partial charge >= 0.3 is 42.2 Å². The number of carbonyl (C=O) groups excluding carboxylic acids is 3. The second kappa shape index (κ2) is 32.1. The maximum absolute atomic E-state index is 13.2. The highest BCUT2D eigenvalue weighted by atomic mass is 19.4. The van der Waals surface area contributed by atoms with E-state index in [1.165, 1.54) is 10.9 Å². The molecule has 22 nitrogen and oxygen atoms in total. The third-order valence-corrected chi connectivity index (χ3v) is 9.68. The van der Waals surface area contributed by atoms with Crippen molar-refractivity contribution in [1.29, 1.82) is 0 Å². The lowest BCUT2D eigenvalue weighted by molar-refractivity contribution is -0.193. The van der Waals surface area contributed by atoms with Gasteiger partial charge in [0.2, 0.25) is 5.91 Å². The number of hydrogen-bond acceptors (Lipinski definition) is 14. The minimum atomic E-state index is -5.08. The lowest BCUT2D eigenvalue weighted by Gasteiger charge is -2.25. The standard InChI is InChI=1S/C36H62N10O8.2C2HF3O2/c1-3-5-7-9-11-15-20-39-35(50)53-30-28(25-45-24-26(43-44-45)23-41-32(48)27(38)17-13-14-19-37)52-33(46-22-18-29(47)42-34(46)49)31(30)54-36(51)40-21-16-12-10-8-6-4-2;2*3-2(4,5)1(6)7/h18,22,24,27-28,30-31,33H,3-17,19-21,23,25,37-38H2,1-2H3,(H,39,50)(H,40,51)(H,41,48)(H,42,47,49);2*(H,6,7)/t27-,28+,30+,31+,33+;;/m0../s1. The molecule has 388 valence electrons. The number of rotatable bonds is 26. The number of nitrogens with zero attached hydrogens (tertiary/aromatic N) is 4. The van der Waals surface area contributed by atoms with Crippen LogP contribution in [-0.4, -0.2) is 121 Å². The van der Waals surface area contributed by atoms with Crippen molar-refractivity contribution in [2.75, 3.05) is 19.6 Å². The SMILES string of the molecule is CCCCCCCCNC(=O)O[C@@H]1[C@H](OC(=O)NCCCCCCCC)[C@@H](Cn2cc(CNC(=O)[C@@H](N)CCCCN)nn2)O[C@H]1n1ccc(=O)[nH]c1=O.O=C(O)C(F)(F)F.O=C(O)C(F)(F)F. The van der Waals surface area contributed by atoms with Gasteiger partial charge in [-0.2, -0.15) is 26.3 Å². The number of aliphatic carboxylic acids is 2. The fourth-order valence-electron chi connectivity index (χ4n) is 6.14. The number of carboxylic acids is 2. The number of amides is 3. The minimum absolute atomic E-state index is 0.0389. The summed E-state index contributed by atoms with van der Waals surface area (Å²) in [6.07, 6.45) is 0.738. The number of nitrogens with two attached hydrogens (primary N) is 2. The lowest BCUT2D eigenvalue weighted by Crippen LogP contribution is -2.45. The predicted octanol–water partition coefficient (Wildman–Crippen LogP) is 3.98. The van der Waals surface area contributed by atoms with Crippen molar-refractivity contribution in [2.24, 2.45) is 11.5 Å². The first-order valence-corrected chi connectivity index (χ1v) is 22.1. The van der Waals surface area contributed by atoms with E-state index in [0.717, 1.165) is 101 Å². The molecule has 5 atom stereocenters. The molecule has 1 aliphatic heterocycles. The van der Waals surface area contributed by atoms with Gasteiger partial charge in [0.05, 0.1) is 25.3 Å². The van der Waals surface area contributed by atoms with E-state index >= 15 is 0 Å². The Hall–Kier alpha value is -5.77. The van der Waals surface area contributed by atoms with Crippen molar-refractivity contribution in [3.05, 3.63) is 45.0 Å². The first-order valence-electron chi connectivity index (χ1n) is 22.1. The summed E-state index contributed by atoms with van der Waals surface area (Å²) in [6.45, 7) is 5.60. The van der Waals surface area contributed by atoms with Gasteiger partial charge in [0.25, 0.3) is 5.56 Å². The van der Waals surface area contributed by atoms with Crippen molar-refractivity contribution < 1.29 is 74.7 Å². The molecule has 0 unspecified atom stereocenters. The Kier molecular flexibility index (Phi) is 28.4. The van der Waals surface area contributed by atoms with Gasteiger partial charge in [-0.3, -0.25) is 19.1 Å². The number of alkyl halides is 6. The molecule has 2 aromatic heterocycles. The van der Waals surface area contributed by atoms with Crippen LogP contribution < -0.4 is 38.7 Å². The third-order valence-electron chi connectivity index (χ3n) is 9.68. The smallest absolute Gasteiger partial charge is 0.475 e. The third kappa shape index (κ3) is 24.8. The van der Waals surface area contributed by atoms with Crippen LogP contribution in [0, 0.1) is 0 Å². The number of unbranched alkanes of at least 4 members (excludes halogenated alkanes) is 11. The second-order valence-electron chi connectivity index (χ2n) is 15.4. The largest absolute Gasteiger partial charge is 0.490 e. The zero-order valence-electron chi connectivity index (χ0n) is 37.9. The summed E-state index contributed by atoms with van der Waals surface area (Å²) in [5, 5.41) is 30.8. The molecule has 3 amide bonds. The number of ether oxygens (including phenoxy) is 3. The molecule has 0 radical (unpaired) electrons. The van der Waals surface area contributed by atoms with Gasteiger partial charge < -0.3 is 51.8 Å². The number of alkyl carbamates (subject to hydrolysis) is 2. The van der Waals surface area contributed by atoms with Crippen LogP contribution in [0.5, 0.6) is 0 Å². The maximum atomic E-state index is 13.2. The molecule has 0 saturated carbocycles. The first-order chi connectivity index (χ1) is 32.0. The van der Waals surface area contributed by atoms with Crippen LogP contribution in [0.3, 0.4) is 0 Å². The summed E-state index contributed by atoms with van der Waals surface area (Å²) in [4.78, 5) is 83.7. The van der Waals surface area contributed by atoms with Crippen LogP contribution in [0.15, 0.2) is 28.0 Å². The highest BCUT2D eigenvalue weighted by molar-refractivity contribution is 5.81. The second-order valence-corrected chi connectivity index (χ2v) is 15.4. The molecule has 2 aromatic rings. The number of aromatic nitrogens is 5. The maximum Gasteiger partial charge on any atom is 0.490 e. The monoisotopic (exact) mass is 990 g/mol. The molecule has 0 bridgehead atoms. The van der Waals surface area contributed by atoms with Gasteiger partial charge in [-0.15, -0.1) is 5.10 Å². The molecule has 3 rings (SSSR count). The Balaban J connectivity index is 0.00000143. The highest BCUT2D eigenvalue weighted by Crippen LogP contribution is 2.34. The molecular weight excluding hydrogens is 926 g/mol. The van der Waals surface area contributed by atoms with Crippen LogP contribution >= 0.6 is 0 Å². The van der Waals surface area contributed by atoms with Crippen LogP contribution in [0.25, 0.3) is 0 Å². The summed E-state index contributed by atoms with van der Waals surface area (Å²) in [5.41, 5.74) is 10.5. The molecular formula is C40H64F6N10O12. The van der Waals surface area contributed by atoms with Crippen LogP contribution in [0.4, 0.5) is 35.9 Å². The molecule has 3 heterocycles. The van der Waals surface area contributed by atoms with Gasteiger partial charge in [0.15, 0.2) is 18.4 Å². The summed E-state index contributed by atoms with van der Waals surface area (Å²) < 4.78 is 84.0. The molecule has 28 heteroatoms. The number of hydrogen-bond donors (Lipinski definition) is 8. The molecule has 10 N–H and O–H groups in total. The van der Waals surface area contributed by atoms with Crippen molar-refractivity contribution >= 4 is 30.0 Å². The molecule has 68 heavy (non-hydrogen) atoms. The van der Waals surface area contributed by atoms with Gasteiger partial charge in [-0.25, -0.2) is 28.7 Å². The van der Waals surface area contributed by atoms with E-state index in [2.05, 4.69) is 45.1 Å². The van der Waals surface area contributed by atoms with E-state index in [-0.39, 0.29) is 19.0 Å². The molecule has 0 aromatic carbocycles. The lowest BCUT2D eigenvalue weighted by atomic mass is 10.1. The summed E-state index contributed by atoms with van der Waals surface area (Å²) in [7, 11) is 0. The van der Waals surface area contributed by atoms with Crippen molar-refractivity contribution in [1.82, 2.24) is 40.5 Å². The average Bonchev–Trinajstić information content (AvgIpc) is 3.85. The normalized spacial score (nSPS) is 17.1. The Morgan fingerprint density at radius 1 is 0.794 bits per heavy atom. The van der Waals surface area contributed by atoms with Crippen molar-refractivity contribution in [3.63, 3.8) is 0 Å². The summed E-state index contributed by atoms with van der Waals surface area (Å²) in [6, 6.07) is 0.454. The molecule has 0 aliphatic carbocycles. The number of carbonyl (C=O) groups is 5. The molecule has 1 fully saturated rings. The first kappa shape index (κ1) is 60.2. The predicted molar refractivity (Wildman–Crippen MR) is 229 cm³/mol. The van der Waals surface area contributed by atoms with E-state index in [1.807, 2.05) is 0 Å². The van der Waals surface area contributed by atoms with Crippen LogP contribution in [0.2, 0.25) is 0 Å². The van der Waals surface area contributed by atoms with E-state index in [4.69, 9.17) is 45.5 Å². The fraction of sp³-hybridized carbons (Fsp3) is 0.725. The van der Waals surface area contributed by atoms with Crippen molar-refractivity contribution in [3.8, 4) is 0 Å². The van der Waals surface area contributed by atoms with Gasteiger partial charge in [-0.05, 0) is 32.2 Å². The van der Waals surface area contributed by atoms with Crippen molar-refractivity contribution in [2.45, 2.75) is 166 Å². The highest BCUT2D eigenvalue weighted by Gasteiger charge is 2.51. The quantitative estimate of drug-likeness (QED) is 0.0488. The zero-order valence-corrected chi connectivity index (χ0v) is 37.9. The van der Waals surface area contributed by atoms with Crippen LogP contribution in [-0.2, 0) is 41.7 Å². The number of H-pyrrole nitrogens is 1. The number of nitrogens with one attached hydrogen (secondary N) is 4. The van der Waals surface area contributed by atoms with Gasteiger partial charge in [0, 0.05) is 25.4 Å². The fourth-order valence-corrected chi connectivity index (χ4v) is 6.14. The van der Waals surface area contributed by atoms with E-state index in [1.54, 1.807) is 6.20 Å². The number of carboxylic acid groups (broad SMARTS) is 2. The van der Waals surface area contributed by atoms with E-state index in [0.29, 0.717) is 31.7 Å². The Bertz CT molecular complexity index is 1910. The Morgan fingerprint density at radius 2 is 1.29 bits per heavy atom. The molecule has 1 aliphatic rings. The van der Waals surface area contributed by atoms with E-state index in [9.17, 15) is 50.3 Å². The van der Waals surface area contributed by atoms with Gasteiger partial charge in [0.1, 0.15) is 11.8 Å².